The van der Waals surface area contributed by atoms with Crippen molar-refractivity contribution in [1.82, 2.24) is 5.43 Å². The van der Waals surface area contributed by atoms with E-state index in [1.165, 1.54) is 32.1 Å². The molecule has 0 spiro atoms. The molecule has 25 heavy (non-hydrogen) atoms. The number of hydrogen-bond acceptors (Lipinski definition) is 2. The molecule has 2 rings (SSSR count). The number of carbonyl (C=O) groups excluding carboxylic acids is 1. The van der Waals surface area contributed by atoms with E-state index in [9.17, 15) is 4.79 Å². The third kappa shape index (κ3) is 7.00. The van der Waals surface area contributed by atoms with E-state index >= 15 is 0 Å². The van der Waals surface area contributed by atoms with Crippen LogP contribution in [-0.2, 0) is 4.79 Å². The number of amides is 1. The molecule has 0 bridgehead atoms. The van der Waals surface area contributed by atoms with Crippen molar-refractivity contribution in [3.63, 3.8) is 0 Å². The number of anilines is 2. The molecule has 1 amide bonds. The number of para-hydroxylation sites is 2. The minimum Gasteiger partial charge on any atom is -0.273 e. The quantitative estimate of drug-likeness (QED) is 0.403. The number of hydrogen-bond donors (Lipinski definition) is 1. The Kier molecular flexibility index (Phi) is 8.60. The van der Waals surface area contributed by atoms with Gasteiger partial charge in [0, 0.05) is 6.42 Å². The first-order valence-electron chi connectivity index (χ1n) is 9.51. The summed E-state index contributed by atoms with van der Waals surface area (Å²) in [4.78, 5) is 12.4. The molecule has 0 heterocycles. The molecule has 2 aromatic carbocycles. The molecule has 0 fully saturated rings. The van der Waals surface area contributed by atoms with Gasteiger partial charge in [-0.1, -0.05) is 81.8 Å². The Hall–Kier alpha value is -2.29. The van der Waals surface area contributed by atoms with Crippen molar-refractivity contribution < 1.29 is 4.79 Å². The first kappa shape index (κ1) is 19.0. The predicted octanol–water partition coefficient (Wildman–Crippen LogP) is 6.00. The molecule has 0 aromatic heterocycles. The number of carbonyl (C=O) groups is 1. The van der Waals surface area contributed by atoms with Crippen molar-refractivity contribution in [1.29, 1.82) is 0 Å². The monoisotopic (exact) mass is 338 g/mol. The fourth-order valence-corrected chi connectivity index (χ4v) is 2.86. The van der Waals surface area contributed by atoms with Gasteiger partial charge in [-0.15, -0.1) is 0 Å². The zero-order valence-corrected chi connectivity index (χ0v) is 15.3. The first-order chi connectivity index (χ1) is 12.3. The second kappa shape index (κ2) is 11.3. The second-order valence-electron chi connectivity index (χ2n) is 6.41. The maximum Gasteiger partial charge on any atom is 0.238 e. The van der Waals surface area contributed by atoms with Crippen molar-refractivity contribution in [2.75, 3.05) is 5.01 Å². The van der Waals surface area contributed by atoms with E-state index in [4.69, 9.17) is 0 Å². The standard InChI is InChI=1S/C22H30N2O/c1-2-3-4-5-6-7-14-19-22(25)23-24(20-15-10-8-11-16-20)21-17-12-9-13-18-21/h8-13,15-18H,2-7,14,19H2,1H3,(H,23,25). The van der Waals surface area contributed by atoms with Gasteiger partial charge < -0.3 is 0 Å². The molecule has 0 unspecified atom stereocenters. The summed E-state index contributed by atoms with van der Waals surface area (Å²) in [7, 11) is 0. The molecule has 0 aliphatic heterocycles. The fraction of sp³-hybridized carbons (Fsp3) is 0.409. The van der Waals surface area contributed by atoms with Crippen LogP contribution in [0.4, 0.5) is 11.4 Å². The Morgan fingerprint density at radius 3 is 1.76 bits per heavy atom. The van der Waals surface area contributed by atoms with Gasteiger partial charge in [0.25, 0.3) is 0 Å². The molecule has 0 aliphatic carbocycles. The summed E-state index contributed by atoms with van der Waals surface area (Å²) in [5.74, 6) is 0.0706. The van der Waals surface area contributed by atoms with Gasteiger partial charge in [-0.25, -0.2) is 0 Å². The van der Waals surface area contributed by atoms with Crippen LogP contribution >= 0.6 is 0 Å². The van der Waals surface area contributed by atoms with Crippen LogP contribution in [0.15, 0.2) is 60.7 Å². The summed E-state index contributed by atoms with van der Waals surface area (Å²) in [5.41, 5.74) is 4.97. The lowest BCUT2D eigenvalue weighted by Crippen LogP contribution is -2.38. The van der Waals surface area contributed by atoms with E-state index in [-0.39, 0.29) is 5.91 Å². The number of benzene rings is 2. The minimum absolute atomic E-state index is 0.0706. The van der Waals surface area contributed by atoms with E-state index in [1.54, 1.807) is 0 Å². The van der Waals surface area contributed by atoms with Crippen LogP contribution in [0.5, 0.6) is 0 Å². The highest BCUT2D eigenvalue weighted by atomic mass is 16.2. The summed E-state index contributed by atoms with van der Waals surface area (Å²) in [6, 6.07) is 19.9. The molecular weight excluding hydrogens is 308 g/mol. The molecule has 3 nitrogen and oxygen atoms in total. The van der Waals surface area contributed by atoms with Crippen LogP contribution in [-0.4, -0.2) is 5.91 Å². The summed E-state index contributed by atoms with van der Waals surface area (Å²) >= 11 is 0. The summed E-state index contributed by atoms with van der Waals surface area (Å²) < 4.78 is 0. The third-order valence-electron chi connectivity index (χ3n) is 4.27. The second-order valence-corrected chi connectivity index (χ2v) is 6.41. The van der Waals surface area contributed by atoms with Crippen LogP contribution in [0.25, 0.3) is 0 Å². The lowest BCUT2D eigenvalue weighted by molar-refractivity contribution is -0.121. The Morgan fingerprint density at radius 1 is 0.760 bits per heavy atom. The molecule has 0 atom stereocenters. The lowest BCUT2D eigenvalue weighted by Gasteiger charge is -2.25. The highest BCUT2D eigenvalue weighted by molar-refractivity contribution is 5.80. The molecule has 2 aromatic rings. The van der Waals surface area contributed by atoms with E-state index in [0.29, 0.717) is 6.42 Å². The van der Waals surface area contributed by atoms with Crippen LogP contribution in [0.2, 0.25) is 0 Å². The van der Waals surface area contributed by atoms with Crippen LogP contribution in [0.3, 0.4) is 0 Å². The van der Waals surface area contributed by atoms with Crippen LogP contribution in [0.1, 0.15) is 58.3 Å². The highest BCUT2D eigenvalue weighted by Gasteiger charge is 2.12. The maximum atomic E-state index is 12.4. The molecule has 3 heteroatoms. The molecule has 0 radical (unpaired) electrons. The smallest absolute Gasteiger partial charge is 0.238 e. The Morgan fingerprint density at radius 2 is 1.24 bits per heavy atom. The van der Waals surface area contributed by atoms with Crippen LogP contribution in [0, 0.1) is 0 Å². The van der Waals surface area contributed by atoms with Crippen molar-refractivity contribution in [2.45, 2.75) is 58.3 Å². The Labute approximate surface area is 152 Å². The molecule has 0 saturated carbocycles. The van der Waals surface area contributed by atoms with E-state index in [2.05, 4.69) is 12.3 Å². The number of unbranched alkanes of at least 4 members (excludes halogenated alkanes) is 6. The van der Waals surface area contributed by atoms with Crippen molar-refractivity contribution >= 4 is 17.3 Å². The normalized spacial score (nSPS) is 10.4. The van der Waals surface area contributed by atoms with E-state index in [1.807, 2.05) is 65.7 Å². The van der Waals surface area contributed by atoms with Crippen molar-refractivity contribution in [3.05, 3.63) is 60.7 Å². The van der Waals surface area contributed by atoms with Gasteiger partial charge >= 0.3 is 0 Å². The third-order valence-corrected chi connectivity index (χ3v) is 4.27. The highest BCUT2D eigenvalue weighted by Crippen LogP contribution is 2.22. The van der Waals surface area contributed by atoms with Crippen molar-refractivity contribution in [3.8, 4) is 0 Å². The molecule has 0 aliphatic rings. The van der Waals surface area contributed by atoms with E-state index in [0.717, 1.165) is 24.2 Å². The van der Waals surface area contributed by atoms with Gasteiger partial charge in [0.2, 0.25) is 5.91 Å². The minimum atomic E-state index is 0.0706. The Bertz CT molecular complexity index is 558. The average molecular weight is 338 g/mol. The molecule has 134 valence electrons. The Balaban J connectivity index is 1.84. The van der Waals surface area contributed by atoms with Gasteiger partial charge in [-0.05, 0) is 30.7 Å². The van der Waals surface area contributed by atoms with Crippen LogP contribution < -0.4 is 10.4 Å². The number of hydrazine groups is 1. The average Bonchev–Trinajstić information content (AvgIpc) is 2.67. The topological polar surface area (TPSA) is 32.3 Å². The predicted molar refractivity (Wildman–Crippen MR) is 106 cm³/mol. The van der Waals surface area contributed by atoms with Gasteiger partial charge in [-0.2, -0.15) is 0 Å². The molecular formula is C22H30N2O. The summed E-state index contributed by atoms with van der Waals surface area (Å²) in [6.45, 7) is 2.23. The van der Waals surface area contributed by atoms with Gasteiger partial charge in [0.1, 0.15) is 0 Å². The SMILES string of the molecule is CCCCCCCCCC(=O)NN(c1ccccc1)c1ccccc1. The lowest BCUT2D eigenvalue weighted by atomic mass is 10.1. The zero-order valence-electron chi connectivity index (χ0n) is 15.3. The fourth-order valence-electron chi connectivity index (χ4n) is 2.86. The first-order valence-corrected chi connectivity index (χ1v) is 9.51. The molecule has 1 N–H and O–H groups in total. The largest absolute Gasteiger partial charge is 0.273 e. The van der Waals surface area contributed by atoms with Gasteiger partial charge in [-0.3, -0.25) is 15.2 Å². The van der Waals surface area contributed by atoms with E-state index < -0.39 is 0 Å². The number of nitrogens with zero attached hydrogens (tertiary/aromatic N) is 1. The number of rotatable bonds is 11. The zero-order chi connectivity index (χ0) is 17.7. The summed E-state index contributed by atoms with van der Waals surface area (Å²) in [6.07, 6.45) is 9.09. The number of nitrogens with one attached hydrogen (secondary N) is 1. The van der Waals surface area contributed by atoms with Gasteiger partial charge in [0.05, 0.1) is 11.4 Å². The van der Waals surface area contributed by atoms with Gasteiger partial charge in [0.15, 0.2) is 0 Å². The summed E-state index contributed by atoms with van der Waals surface area (Å²) in [5, 5.41) is 1.86. The molecule has 0 saturated heterocycles. The van der Waals surface area contributed by atoms with Crippen molar-refractivity contribution in [2.24, 2.45) is 0 Å². The maximum absolute atomic E-state index is 12.4.